The number of urea groups is 1. The molecule has 0 aromatic carbocycles. The maximum absolute atomic E-state index is 12.8. The van der Waals surface area contributed by atoms with Crippen molar-refractivity contribution < 1.29 is 14.1 Å². The van der Waals surface area contributed by atoms with Crippen LogP contribution in [0.2, 0.25) is 0 Å². The van der Waals surface area contributed by atoms with Crippen LogP contribution in [0, 0.1) is 0 Å². The van der Waals surface area contributed by atoms with Crippen LogP contribution in [0.3, 0.4) is 0 Å². The number of nitrogens with zero attached hydrogens (tertiary/aromatic N) is 4. The predicted octanol–water partition coefficient (Wildman–Crippen LogP) is 1.41. The molecular weight excluding hydrogens is 310 g/mol. The van der Waals surface area contributed by atoms with Crippen LogP contribution in [0.4, 0.5) is 4.79 Å². The maximum Gasteiger partial charge on any atom is 0.325 e. The smallest absolute Gasteiger partial charge is 0.325 e. The number of likely N-dealkylation sites (tertiary alicyclic amines) is 1. The van der Waals surface area contributed by atoms with Crippen LogP contribution in [0.15, 0.2) is 4.52 Å². The lowest BCUT2D eigenvalue weighted by atomic mass is 9.98. The monoisotopic (exact) mass is 333 g/mol. The SMILES string of the molecule is CC(C)N1C(=O)N[C@]2(CCN([C@H](C)c3nc(C4CC4)no3)C2)C1=O. The van der Waals surface area contributed by atoms with Crippen molar-refractivity contribution in [3.63, 3.8) is 0 Å². The summed E-state index contributed by atoms with van der Waals surface area (Å²) in [5.41, 5.74) is -0.811. The highest BCUT2D eigenvalue weighted by Gasteiger charge is 2.56. The van der Waals surface area contributed by atoms with E-state index in [1.54, 1.807) is 0 Å². The van der Waals surface area contributed by atoms with Gasteiger partial charge in [0.05, 0.1) is 6.04 Å². The number of carbonyl (C=O) groups is 2. The zero-order valence-electron chi connectivity index (χ0n) is 14.3. The Kier molecular flexibility index (Phi) is 3.42. The third-order valence-electron chi connectivity index (χ3n) is 5.31. The fraction of sp³-hybridized carbons (Fsp3) is 0.750. The second kappa shape index (κ2) is 5.27. The lowest BCUT2D eigenvalue weighted by Crippen LogP contribution is -2.49. The molecule has 8 nitrogen and oxygen atoms in total. The maximum atomic E-state index is 12.8. The van der Waals surface area contributed by atoms with Crippen molar-refractivity contribution in [1.29, 1.82) is 0 Å². The lowest BCUT2D eigenvalue weighted by Gasteiger charge is -2.25. The van der Waals surface area contributed by atoms with E-state index in [0.717, 1.165) is 18.7 Å². The molecule has 0 bridgehead atoms. The summed E-state index contributed by atoms with van der Waals surface area (Å²) in [5.74, 6) is 1.71. The first-order valence-electron chi connectivity index (χ1n) is 8.64. The van der Waals surface area contributed by atoms with Gasteiger partial charge < -0.3 is 9.84 Å². The first-order valence-corrected chi connectivity index (χ1v) is 8.64. The van der Waals surface area contributed by atoms with Crippen molar-refractivity contribution >= 4 is 11.9 Å². The largest absolute Gasteiger partial charge is 0.338 e. The molecule has 1 saturated carbocycles. The van der Waals surface area contributed by atoms with Gasteiger partial charge in [0.15, 0.2) is 5.82 Å². The topological polar surface area (TPSA) is 91.6 Å². The highest BCUT2D eigenvalue weighted by Crippen LogP contribution is 2.39. The Bertz CT molecular complexity index is 683. The molecule has 24 heavy (non-hydrogen) atoms. The standard InChI is InChI=1S/C16H23N5O3/c1-9(2)21-14(22)16(18-15(21)23)6-7-20(8-16)10(3)13-17-12(19-24-13)11-4-5-11/h9-11H,4-8H2,1-3H3,(H,18,23)/t10-,16+/m1/s1. The lowest BCUT2D eigenvalue weighted by molar-refractivity contribution is -0.132. The second-order valence-corrected chi connectivity index (χ2v) is 7.44. The summed E-state index contributed by atoms with van der Waals surface area (Å²) in [6, 6.07) is -0.499. The average molecular weight is 333 g/mol. The predicted molar refractivity (Wildman–Crippen MR) is 84.1 cm³/mol. The molecule has 8 heteroatoms. The van der Waals surface area contributed by atoms with Gasteiger partial charge in [-0.25, -0.2) is 4.79 Å². The second-order valence-electron chi connectivity index (χ2n) is 7.44. The normalized spacial score (nSPS) is 29.1. The highest BCUT2D eigenvalue weighted by atomic mass is 16.5. The molecule has 0 unspecified atom stereocenters. The van der Waals surface area contributed by atoms with Crippen LogP contribution >= 0.6 is 0 Å². The van der Waals surface area contributed by atoms with Gasteiger partial charge in [-0.2, -0.15) is 4.98 Å². The Hall–Kier alpha value is -1.96. The van der Waals surface area contributed by atoms with E-state index in [0.29, 0.717) is 31.3 Å². The first-order chi connectivity index (χ1) is 11.4. The molecular formula is C16H23N5O3. The van der Waals surface area contributed by atoms with Gasteiger partial charge in [0.2, 0.25) is 5.89 Å². The van der Waals surface area contributed by atoms with Gasteiger partial charge in [0, 0.05) is 25.0 Å². The first kappa shape index (κ1) is 15.6. The van der Waals surface area contributed by atoms with Crippen molar-refractivity contribution in [2.75, 3.05) is 13.1 Å². The van der Waals surface area contributed by atoms with Crippen molar-refractivity contribution in [3.8, 4) is 0 Å². The van der Waals surface area contributed by atoms with Crippen LogP contribution in [0.1, 0.15) is 63.7 Å². The van der Waals surface area contributed by atoms with Crippen molar-refractivity contribution in [1.82, 2.24) is 25.3 Å². The molecule has 1 spiro atoms. The summed E-state index contributed by atoms with van der Waals surface area (Å²) in [4.78, 5) is 32.9. The number of hydrogen-bond acceptors (Lipinski definition) is 6. The molecule has 1 aromatic rings. The quantitative estimate of drug-likeness (QED) is 0.838. The summed E-state index contributed by atoms with van der Waals surface area (Å²) >= 11 is 0. The van der Waals surface area contributed by atoms with Crippen LogP contribution < -0.4 is 5.32 Å². The van der Waals surface area contributed by atoms with E-state index in [1.165, 1.54) is 4.90 Å². The minimum absolute atomic E-state index is 0.0674. The molecule has 3 aliphatic rings. The Morgan fingerprint density at radius 1 is 1.29 bits per heavy atom. The van der Waals surface area contributed by atoms with Crippen LogP contribution in [-0.4, -0.2) is 56.5 Å². The van der Waals surface area contributed by atoms with E-state index in [9.17, 15) is 9.59 Å². The molecule has 3 fully saturated rings. The van der Waals surface area contributed by atoms with E-state index in [1.807, 2.05) is 20.8 Å². The average Bonchev–Trinajstić information content (AvgIpc) is 3.02. The Labute approximate surface area is 140 Å². The third-order valence-corrected chi connectivity index (χ3v) is 5.31. The number of imide groups is 1. The van der Waals surface area contributed by atoms with Gasteiger partial charge in [0.25, 0.3) is 5.91 Å². The summed E-state index contributed by atoms with van der Waals surface area (Å²) < 4.78 is 5.41. The fourth-order valence-corrected chi connectivity index (χ4v) is 3.64. The van der Waals surface area contributed by atoms with E-state index >= 15 is 0 Å². The molecule has 130 valence electrons. The molecule has 1 aromatic heterocycles. The molecule has 2 atom stereocenters. The summed E-state index contributed by atoms with van der Waals surface area (Å²) in [6.45, 7) is 6.89. The molecule has 4 rings (SSSR count). The molecule has 3 heterocycles. The van der Waals surface area contributed by atoms with Crippen LogP contribution in [0.25, 0.3) is 0 Å². The van der Waals surface area contributed by atoms with Gasteiger partial charge in [-0.1, -0.05) is 5.16 Å². The molecule has 2 aliphatic heterocycles. The van der Waals surface area contributed by atoms with E-state index < -0.39 is 5.54 Å². The Morgan fingerprint density at radius 3 is 2.67 bits per heavy atom. The fourth-order valence-electron chi connectivity index (χ4n) is 3.64. The van der Waals surface area contributed by atoms with Gasteiger partial charge in [-0.05, 0) is 40.0 Å². The van der Waals surface area contributed by atoms with Crippen molar-refractivity contribution in [2.24, 2.45) is 0 Å². The minimum Gasteiger partial charge on any atom is -0.338 e. The summed E-state index contributed by atoms with van der Waals surface area (Å²) in [7, 11) is 0. The number of aromatic nitrogens is 2. The Balaban J connectivity index is 1.49. The third kappa shape index (κ3) is 2.31. The zero-order chi connectivity index (χ0) is 17.1. The summed E-state index contributed by atoms with van der Waals surface area (Å²) in [5, 5.41) is 6.97. The highest BCUT2D eigenvalue weighted by molar-refractivity contribution is 6.07. The van der Waals surface area contributed by atoms with Crippen LogP contribution in [-0.2, 0) is 4.79 Å². The van der Waals surface area contributed by atoms with Gasteiger partial charge in [-0.3, -0.25) is 14.6 Å². The van der Waals surface area contributed by atoms with E-state index in [-0.39, 0.29) is 24.0 Å². The molecule has 2 saturated heterocycles. The summed E-state index contributed by atoms with van der Waals surface area (Å²) in [6.07, 6.45) is 2.87. The number of carbonyl (C=O) groups excluding carboxylic acids is 2. The van der Waals surface area contributed by atoms with Crippen molar-refractivity contribution in [2.45, 2.75) is 63.6 Å². The number of amides is 3. The minimum atomic E-state index is -0.811. The molecule has 3 amide bonds. The van der Waals surface area contributed by atoms with Gasteiger partial charge in [-0.15, -0.1) is 0 Å². The van der Waals surface area contributed by atoms with E-state index in [2.05, 4.69) is 20.4 Å². The number of rotatable bonds is 4. The molecule has 1 aliphatic carbocycles. The van der Waals surface area contributed by atoms with Crippen molar-refractivity contribution in [3.05, 3.63) is 11.7 Å². The molecule has 1 N–H and O–H groups in total. The zero-order valence-corrected chi connectivity index (χ0v) is 14.3. The molecule has 0 radical (unpaired) electrons. The number of nitrogens with one attached hydrogen (secondary N) is 1. The van der Waals surface area contributed by atoms with Gasteiger partial charge in [0.1, 0.15) is 5.54 Å². The van der Waals surface area contributed by atoms with Gasteiger partial charge >= 0.3 is 6.03 Å². The van der Waals surface area contributed by atoms with E-state index in [4.69, 9.17) is 4.52 Å². The number of hydrogen-bond donors (Lipinski definition) is 1. The van der Waals surface area contributed by atoms with Crippen LogP contribution in [0.5, 0.6) is 0 Å². The Morgan fingerprint density at radius 2 is 2.04 bits per heavy atom.